The molecule has 0 aliphatic carbocycles. The highest BCUT2D eigenvalue weighted by Crippen LogP contribution is 2.32. The Kier molecular flexibility index (Phi) is 5.40. The number of anilines is 1. The van der Waals surface area contributed by atoms with Crippen molar-refractivity contribution in [2.45, 2.75) is 39.0 Å². The summed E-state index contributed by atoms with van der Waals surface area (Å²) < 4.78 is 0. The maximum atomic E-state index is 4.95. The summed E-state index contributed by atoms with van der Waals surface area (Å²) in [7, 11) is 0. The number of quaternary nitrogens is 1. The minimum absolute atomic E-state index is 0. The fraction of sp³-hybridized carbons (Fsp3) is 0.400. The van der Waals surface area contributed by atoms with Crippen LogP contribution in [-0.2, 0) is 0 Å². The van der Waals surface area contributed by atoms with Crippen molar-refractivity contribution in [3.8, 4) is 0 Å². The van der Waals surface area contributed by atoms with Crippen LogP contribution >= 0.6 is 0 Å². The van der Waals surface area contributed by atoms with Gasteiger partial charge in [-0.1, -0.05) is 32.0 Å². The molecule has 25 heavy (non-hydrogen) atoms. The number of hydrogen-bond donors (Lipinski definition) is 1. The molecule has 4 nitrogen and oxygen atoms in total. The van der Waals surface area contributed by atoms with E-state index in [9.17, 15) is 0 Å². The molecule has 5 heteroatoms. The molecule has 2 aromatic rings. The number of nitrogens with two attached hydrogens (primary N) is 1. The molecule has 0 bridgehead atoms. The van der Waals surface area contributed by atoms with Crippen molar-refractivity contribution >= 4 is 23.3 Å². The van der Waals surface area contributed by atoms with Gasteiger partial charge in [0.1, 0.15) is 17.2 Å². The zero-order chi connectivity index (χ0) is 16.5. The fourth-order valence-electron chi connectivity index (χ4n) is 3.49. The van der Waals surface area contributed by atoms with E-state index in [-0.39, 0.29) is 12.4 Å². The van der Waals surface area contributed by atoms with E-state index in [1.807, 2.05) is 0 Å². The van der Waals surface area contributed by atoms with Crippen LogP contribution in [0.25, 0.3) is 11.8 Å². The lowest BCUT2D eigenvalue weighted by Crippen LogP contribution is -3.00. The first-order valence-electron chi connectivity index (χ1n) is 9.01. The van der Waals surface area contributed by atoms with E-state index in [0.29, 0.717) is 5.92 Å². The highest BCUT2D eigenvalue weighted by Gasteiger charge is 2.29. The van der Waals surface area contributed by atoms with Gasteiger partial charge in [-0.05, 0) is 31.4 Å². The first-order chi connectivity index (χ1) is 11.7. The Morgan fingerprint density at radius 2 is 1.72 bits per heavy atom. The summed E-state index contributed by atoms with van der Waals surface area (Å²) >= 11 is 0. The predicted molar refractivity (Wildman–Crippen MR) is 98.1 cm³/mol. The maximum Gasteiger partial charge on any atom is 0.203 e. The van der Waals surface area contributed by atoms with Crippen LogP contribution in [0.3, 0.4) is 0 Å². The number of piperidine rings is 1. The molecule has 132 valence electrons. The Balaban J connectivity index is 0.00000182. The zero-order valence-electron chi connectivity index (χ0n) is 14.9. The van der Waals surface area contributed by atoms with Crippen molar-refractivity contribution in [3.63, 3.8) is 0 Å². The third-order valence-corrected chi connectivity index (χ3v) is 4.84. The number of aromatic nitrogens is 2. The normalized spacial score (nSPS) is 16.4. The molecular weight excluding hydrogens is 332 g/mol. The number of hydrogen-bond acceptors (Lipinski definition) is 3. The van der Waals surface area contributed by atoms with Crippen molar-refractivity contribution in [2.75, 3.05) is 18.0 Å². The van der Waals surface area contributed by atoms with Crippen LogP contribution in [-0.4, -0.2) is 23.1 Å². The van der Waals surface area contributed by atoms with Crippen LogP contribution in [0.4, 0.5) is 11.5 Å². The molecule has 2 aliphatic heterocycles. The van der Waals surface area contributed by atoms with E-state index >= 15 is 0 Å². The number of fused-ring (bicyclic) bond motifs is 1. The maximum absolute atomic E-state index is 4.95. The smallest absolute Gasteiger partial charge is 0.203 e. The zero-order valence-corrected chi connectivity index (χ0v) is 15.6. The molecule has 1 aromatic heterocycles. The summed E-state index contributed by atoms with van der Waals surface area (Å²) in [5, 5.41) is 2.26. The summed E-state index contributed by atoms with van der Waals surface area (Å²) in [4.78, 5) is 12.2. The molecule has 0 amide bonds. The lowest BCUT2D eigenvalue weighted by atomic mass is 10.1. The lowest BCUT2D eigenvalue weighted by Gasteiger charge is -2.28. The van der Waals surface area contributed by atoms with E-state index in [2.05, 4.69) is 60.5 Å². The number of halogens is 1. The van der Waals surface area contributed by atoms with Crippen molar-refractivity contribution < 1.29 is 17.7 Å². The Morgan fingerprint density at radius 1 is 1.00 bits per heavy atom. The largest absolute Gasteiger partial charge is 1.00 e. The Morgan fingerprint density at radius 3 is 2.40 bits per heavy atom. The van der Waals surface area contributed by atoms with Gasteiger partial charge in [0.15, 0.2) is 5.82 Å². The average molecular weight is 357 g/mol. The Hall–Kier alpha value is -1.91. The average Bonchev–Trinajstić information content (AvgIpc) is 3.06. The summed E-state index contributed by atoms with van der Waals surface area (Å²) in [5.41, 5.74) is 4.75. The second-order valence-electron chi connectivity index (χ2n) is 7.02. The molecule has 3 heterocycles. The van der Waals surface area contributed by atoms with Gasteiger partial charge in [0, 0.05) is 30.6 Å². The standard InChI is InChI=1S/C20H24N4.ClH/c1-14(2)19-22-17-13-16(15-9-5-3-6-10-15)21-18(17)20(23-19)24-11-7-4-8-12-24;/h3,5-6,9-10,13-14,21H,4,7-8,11-12H2,1-2H3;1H. The quantitative estimate of drug-likeness (QED) is 0.860. The van der Waals surface area contributed by atoms with Gasteiger partial charge in [-0.2, -0.15) is 0 Å². The van der Waals surface area contributed by atoms with Crippen LogP contribution in [0.5, 0.6) is 0 Å². The summed E-state index contributed by atoms with van der Waals surface area (Å²) in [6.45, 7) is 6.55. The van der Waals surface area contributed by atoms with Crippen molar-refractivity contribution in [3.05, 3.63) is 47.4 Å². The second-order valence-corrected chi connectivity index (χ2v) is 7.02. The third-order valence-electron chi connectivity index (χ3n) is 4.84. The van der Waals surface area contributed by atoms with Gasteiger partial charge in [-0.25, -0.2) is 9.97 Å². The highest BCUT2D eigenvalue weighted by molar-refractivity contribution is 5.86. The van der Waals surface area contributed by atoms with Gasteiger partial charge < -0.3 is 17.3 Å². The molecule has 1 fully saturated rings. The first kappa shape index (κ1) is 17.9. The second kappa shape index (κ2) is 7.54. The molecule has 0 radical (unpaired) electrons. The van der Waals surface area contributed by atoms with Crippen LogP contribution < -0.4 is 22.6 Å². The topological polar surface area (TPSA) is 45.6 Å². The van der Waals surface area contributed by atoms with Crippen LogP contribution in [0, 0.1) is 0 Å². The van der Waals surface area contributed by atoms with Gasteiger partial charge >= 0.3 is 0 Å². The van der Waals surface area contributed by atoms with Crippen LogP contribution in [0.2, 0.25) is 0 Å². The van der Waals surface area contributed by atoms with E-state index in [4.69, 9.17) is 9.97 Å². The van der Waals surface area contributed by atoms with E-state index < -0.39 is 0 Å². The number of nitrogens with zero attached hydrogens (tertiary/aromatic N) is 3. The summed E-state index contributed by atoms with van der Waals surface area (Å²) in [6.07, 6.45) is 6.06. The minimum Gasteiger partial charge on any atom is -1.00 e. The Bertz CT molecular complexity index is 765. The fourth-order valence-corrected chi connectivity index (χ4v) is 3.49. The van der Waals surface area contributed by atoms with E-state index in [0.717, 1.165) is 30.4 Å². The number of benzene rings is 1. The monoisotopic (exact) mass is 356 g/mol. The van der Waals surface area contributed by atoms with Crippen molar-refractivity contribution in [2.24, 2.45) is 0 Å². The summed E-state index contributed by atoms with van der Waals surface area (Å²) in [5.74, 6) is 2.42. The lowest BCUT2D eigenvalue weighted by molar-refractivity contribution is -0.464. The molecule has 0 unspecified atom stereocenters. The molecule has 0 spiro atoms. The first-order valence-corrected chi connectivity index (χ1v) is 9.01. The summed E-state index contributed by atoms with van der Waals surface area (Å²) in [6, 6.07) is 10.5. The molecule has 2 N–H and O–H groups in total. The van der Waals surface area contributed by atoms with Gasteiger partial charge in [-0.15, -0.1) is 0 Å². The molecule has 4 rings (SSSR count). The number of rotatable bonds is 3. The molecule has 2 aliphatic rings. The minimum atomic E-state index is 0. The van der Waals surface area contributed by atoms with Crippen LogP contribution in [0.15, 0.2) is 30.3 Å². The third kappa shape index (κ3) is 3.55. The molecular formula is C20H25ClN4. The predicted octanol–water partition coefficient (Wildman–Crippen LogP) is 0.301. The molecule has 1 saturated heterocycles. The van der Waals surface area contributed by atoms with Gasteiger partial charge in [0.25, 0.3) is 0 Å². The molecule has 0 atom stereocenters. The van der Waals surface area contributed by atoms with Gasteiger partial charge in [-0.3, -0.25) is 5.32 Å². The Labute approximate surface area is 155 Å². The van der Waals surface area contributed by atoms with E-state index in [1.165, 1.54) is 36.2 Å². The van der Waals surface area contributed by atoms with Crippen LogP contribution in [0.1, 0.15) is 56.1 Å². The molecule has 0 saturated carbocycles. The van der Waals surface area contributed by atoms with Gasteiger partial charge in [0.2, 0.25) is 5.69 Å². The highest BCUT2D eigenvalue weighted by atomic mass is 35.5. The van der Waals surface area contributed by atoms with Crippen molar-refractivity contribution in [1.82, 2.24) is 9.97 Å². The SMILES string of the molecule is CC(C)c1nc2c(c(N3CCCCC3)n1)[NH2+]C(c1ccccc1)=C2.[Cl-]. The van der Waals surface area contributed by atoms with Gasteiger partial charge in [0.05, 0.1) is 0 Å². The molecule has 1 aromatic carbocycles. The van der Waals surface area contributed by atoms with E-state index in [1.54, 1.807) is 0 Å². The van der Waals surface area contributed by atoms with Crippen molar-refractivity contribution in [1.29, 1.82) is 0 Å².